The van der Waals surface area contributed by atoms with Crippen LogP contribution in [0.4, 0.5) is 4.79 Å². The van der Waals surface area contributed by atoms with Crippen molar-refractivity contribution in [3.63, 3.8) is 0 Å². The Morgan fingerprint density at radius 3 is 2.44 bits per heavy atom. The molecule has 0 heterocycles. The predicted octanol–water partition coefficient (Wildman–Crippen LogP) is 2.35. The third kappa shape index (κ3) is 6.24. The monoisotopic (exact) mass is 255 g/mol. The normalized spacial score (nSPS) is 16.8. The van der Waals surface area contributed by atoms with Crippen molar-refractivity contribution in [2.45, 2.75) is 58.4 Å². The average Bonchev–Trinajstić information content (AvgIpc) is 2.40. The summed E-state index contributed by atoms with van der Waals surface area (Å²) in [5.74, 6) is 0. The van der Waals surface area contributed by atoms with E-state index in [9.17, 15) is 4.79 Å². The maximum Gasteiger partial charge on any atom is 0.315 e. The first-order chi connectivity index (χ1) is 8.76. The van der Waals surface area contributed by atoms with Crippen molar-refractivity contribution in [1.82, 2.24) is 15.5 Å². The van der Waals surface area contributed by atoms with Crippen molar-refractivity contribution in [1.29, 1.82) is 0 Å². The highest BCUT2D eigenvalue weighted by molar-refractivity contribution is 5.74. The molecule has 106 valence electrons. The van der Waals surface area contributed by atoms with E-state index >= 15 is 0 Å². The largest absolute Gasteiger partial charge is 0.338 e. The summed E-state index contributed by atoms with van der Waals surface area (Å²) in [6.07, 6.45) is 7.16. The van der Waals surface area contributed by atoms with Crippen LogP contribution in [0.15, 0.2) is 0 Å². The molecular weight excluding hydrogens is 226 g/mol. The van der Waals surface area contributed by atoms with Crippen LogP contribution >= 0.6 is 0 Å². The Balaban J connectivity index is 2.02. The van der Waals surface area contributed by atoms with Crippen LogP contribution in [-0.4, -0.2) is 43.2 Å². The van der Waals surface area contributed by atoms with Crippen LogP contribution in [0.25, 0.3) is 0 Å². The third-order valence-corrected chi connectivity index (χ3v) is 3.77. The lowest BCUT2D eigenvalue weighted by Gasteiger charge is -2.23. The van der Waals surface area contributed by atoms with E-state index in [1.807, 2.05) is 0 Å². The molecule has 1 aliphatic rings. The summed E-state index contributed by atoms with van der Waals surface area (Å²) in [6.45, 7) is 8.36. The maximum absolute atomic E-state index is 11.7. The fourth-order valence-corrected chi connectivity index (χ4v) is 2.53. The minimum absolute atomic E-state index is 0.0152. The Hall–Kier alpha value is -0.770. The summed E-state index contributed by atoms with van der Waals surface area (Å²) in [5.41, 5.74) is 0. The number of hydrogen-bond acceptors (Lipinski definition) is 2. The van der Waals surface area contributed by atoms with Crippen LogP contribution in [0, 0.1) is 0 Å². The molecule has 0 aromatic heterocycles. The fourth-order valence-electron chi connectivity index (χ4n) is 2.53. The van der Waals surface area contributed by atoms with Crippen LogP contribution in [0.5, 0.6) is 0 Å². The minimum atomic E-state index is 0.0152. The van der Waals surface area contributed by atoms with Gasteiger partial charge in [-0.3, -0.25) is 0 Å². The van der Waals surface area contributed by atoms with Gasteiger partial charge in [0.25, 0.3) is 0 Å². The second kappa shape index (κ2) is 9.20. The molecule has 0 radical (unpaired) electrons. The molecule has 1 fully saturated rings. The number of rotatable bonds is 7. The molecule has 0 spiro atoms. The molecule has 18 heavy (non-hydrogen) atoms. The molecular formula is C14H29N3O. The van der Waals surface area contributed by atoms with Crippen molar-refractivity contribution in [2.75, 3.05) is 26.2 Å². The second-order valence-electron chi connectivity index (χ2n) is 5.12. The topological polar surface area (TPSA) is 44.4 Å². The number of nitrogens with zero attached hydrogens (tertiary/aromatic N) is 1. The molecule has 0 aliphatic heterocycles. The van der Waals surface area contributed by atoms with E-state index in [2.05, 4.69) is 29.4 Å². The van der Waals surface area contributed by atoms with Crippen LogP contribution in [0.2, 0.25) is 0 Å². The number of carbonyl (C=O) groups excluding carboxylic acids is 1. The van der Waals surface area contributed by atoms with E-state index in [-0.39, 0.29) is 6.03 Å². The van der Waals surface area contributed by atoms with E-state index in [0.717, 1.165) is 45.4 Å². The van der Waals surface area contributed by atoms with Crippen LogP contribution in [0.3, 0.4) is 0 Å². The highest BCUT2D eigenvalue weighted by Gasteiger charge is 2.14. The quantitative estimate of drug-likeness (QED) is 0.686. The van der Waals surface area contributed by atoms with Crippen molar-refractivity contribution < 1.29 is 4.79 Å². The van der Waals surface area contributed by atoms with Gasteiger partial charge in [0.15, 0.2) is 0 Å². The molecule has 0 aromatic carbocycles. The van der Waals surface area contributed by atoms with Gasteiger partial charge >= 0.3 is 6.03 Å². The zero-order valence-corrected chi connectivity index (χ0v) is 12.0. The zero-order chi connectivity index (χ0) is 13.2. The molecule has 1 saturated carbocycles. The Morgan fingerprint density at radius 2 is 1.83 bits per heavy atom. The molecule has 1 rings (SSSR count). The summed E-state index contributed by atoms with van der Waals surface area (Å²) in [4.78, 5) is 14.0. The number of nitrogens with one attached hydrogen (secondary N) is 2. The van der Waals surface area contributed by atoms with Gasteiger partial charge in [-0.05, 0) is 38.9 Å². The Morgan fingerprint density at radius 1 is 1.17 bits per heavy atom. The SMILES string of the molecule is CCN(CC)CCCNC(=O)NC1CCCCC1. The van der Waals surface area contributed by atoms with Crippen molar-refractivity contribution in [3.8, 4) is 0 Å². The summed E-state index contributed by atoms with van der Waals surface area (Å²) in [5, 5.41) is 6.03. The number of amides is 2. The molecule has 0 saturated heterocycles. The molecule has 0 atom stereocenters. The Kier molecular flexibility index (Phi) is 7.81. The predicted molar refractivity (Wildman–Crippen MR) is 75.8 cm³/mol. The van der Waals surface area contributed by atoms with Gasteiger partial charge in [-0.1, -0.05) is 33.1 Å². The number of urea groups is 1. The van der Waals surface area contributed by atoms with Crippen molar-refractivity contribution in [2.24, 2.45) is 0 Å². The van der Waals surface area contributed by atoms with Gasteiger partial charge in [0.2, 0.25) is 0 Å². The lowest BCUT2D eigenvalue weighted by molar-refractivity contribution is 0.231. The van der Waals surface area contributed by atoms with Gasteiger partial charge in [-0.25, -0.2) is 4.79 Å². The maximum atomic E-state index is 11.7. The molecule has 1 aliphatic carbocycles. The van der Waals surface area contributed by atoms with E-state index < -0.39 is 0 Å². The van der Waals surface area contributed by atoms with Gasteiger partial charge in [0, 0.05) is 12.6 Å². The highest BCUT2D eigenvalue weighted by atomic mass is 16.2. The van der Waals surface area contributed by atoms with E-state index in [1.165, 1.54) is 19.3 Å². The fraction of sp³-hybridized carbons (Fsp3) is 0.929. The first kappa shape index (κ1) is 15.3. The third-order valence-electron chi connectivity index (χ3n) is 3.77. The standard InChI is InChI=1S/C14H29N3O/c1-3-17(4-2)12-8-11-15-14(18)16-13-9-6-5-7-10-13/h13H,3-12H2,1-2H3,(H2,15,16,18). The molecule has 0 aromatic rings. The van der Waals surface area contributed by atoms with Gasteiger partial charge in [0.05, 0.1) is 0 Å². The summed E-state index contributed by atoms with van der Waals surface area (Å²) in [6, 6.07) is 0.419. The molecule has 0 bridgehead atoms. The first-order valence-corrected chi connectivity index (χ1v) is 7.53. The highest BCUT2D eigenvalue weighted by Crippen LogP contribution is 2.16. The number of hydrogen-bond donors (Lipinski definition) is 2. The van der Waals surface area contributed by atoms with E-state index in [4.69, 9.17) is 0 Å². The zero-order valence-electron chi connectivity index (χ0n) is 12.0. The smallest absolute Gasteiger partial charge is 0.315 e. The minimum Gasteiger partial charge on any atom is -0.338 e. The summed E-state index contributed by atoms with van der Waals surface area (Å²) >= 11 is 0. The van der Waals surface area contributed by atoms with Gasteiger partial charge in [0.1, 0.15) is 0 Å². The van der Waals surface area contributed by atoms with Gasteiger partial charge < -0.3 is 15.5 Å². The van der Waals surface area contributed by atoms with E-state index in [1.54, 1.807) is 0 Å². The molecule has 4 nitrogen and oxygen atoms in total. The summed E-state index contributed by atoms with van der Waals surface area (Å²) in [7, 11) is 0. The molecule has 2 N–H and O–H groups in total. The lowest BCUT2D eigenvalue weighted by Crippen LogP contribution is -2.43. The molecule has 0 unspecified atom stereocenters. The second-order valence-corrected chi connectivity index (χ2v) is 5.12. The molecule has 4 heteroatoms. The first-order valence-electron chi connectivity index (χ1n) is 7.53. The van der Waals surface area contributed by atoms with Crippen molar-refractivity contribution >= 4 is 6.03 Å². The Bertz CT molecular complexity index is 223. The van der Waals surface area contributed by atoms with Gasteiger partial charge in [-0.2, -0.15) is 0 Å². The average molecular weight is 255 g/mol. The summed E-state index contributed by atoms with van der Waals surface area (Å²) < 4.78 is 0. The van der Waals surface area contributed by atoms with Gasteiger partial charge in [-0.15, -0.1) is 0 Å². The molecule has 2 amide bonds. The van der Waals surface area contributed by atoms with Crippen molar-refractivity contribution in [3.05, 3.63) is 0 Å². The van der Waals surface area contributed by atoms with Crippen LogP contribution in [-0.2, 0) is 0 Å². The van der Waals surface area contributed by atoms with Crippen LogP contribution in [0.1, 0.15) is 52.4 Å². The number of carbonyl (C=O) groups is 1. The van der Waals surface area contributed by atoms with Crippen LogP contribution < -0.4 is 10.6 Å². The van der Waals surface area contributed by atoms with E-state index in [0.29, 0.717) is 6.04 Å². The lowest BCUT2D eigenvalue weighted by atomic mass is 9.96. The Labute approximate surface area is 111 Å².